The molecule has 2 amide bonds. The summed E-state index contributed by atoms with van der Waals surface area (Å²) >= 11 is 0. The third kappa shape index (κ3) is 3.50. The number of carbonyl (C=O) groups excluding carboxylic acids is 2. The Hall–Kier alpha value is -0.990. The quantitative estimate of drug-likeness (QED) is 0.586. The maximum atomic E-state index is 11.9. The lowest BCUT2D eigenvalue weighted by molar-refractivity contribution is -0.140. The molecule has 0 aromatic carbocycles. The number of sulfonamides is 1. The lowest BCUT2D eigenvalue weighted by Gasteiger charge is -2.19. The summed E-state index contributed by atoms with van der Waals surface area (Å²) in [6.45, 7) is 3.67. The minimum Gasteiger partial charge on any atom is -0.304 e. The Morgan fingerprint density at radius 3 is 2.44 bits per heavy atom. The maximum Gasteiger partial charge on any atom is 0.247 e. The van der Waals surface area contributed by atoms with Crippen LogP contribution >= 0.6 is 0 Å². The fourth-order valence-corrected chi connectivity index (χ4v) is 2.41. The first-order valence-corrected chi connectivity index (χ1v) is 7.44. The Labute approximate surface area is 107 Å². The number of amides is 2. The summed E-state index contributed by atoms with van der Waals surface area (Å²) in [7, 11) is -1.96. The highest BCUT2D eigenvalue weighted by Gasteiger charge is 2.39. The van der Waals surface area contributed by atoms with Gasteiger partial charge in [0, 0.05) is 12.6 Å². The fraction of sp³-hybridized carbons (Fsp3) is 0.800. The van der Waals surface area contributed by atoms with Crippen molar-refractivity contribution in [3.8, 4) is 0 Å². The molecule has 18 heavy (non-hydrogen) atoms. The van der Waals surface area contributed by atoms with Crippen molar-refractivity contribution < 1.29 is 18.0 Å². The molecule has 8 heteroatoms. The number of nitrogens with one attached hydrogen (secondary N) is 2. The molecular formula is C10H19N3O4S. The first kappa shape index (κ1) is 15.1. The molecule has 1 rings (SSSR count). The first-order chi connectivity index (χ1) is 8.28. The average molecular weight is 277 g/mol. The van der Waals surface area contributed by atoms with Crippen LogP contribution in [-0.4, -0.2) is 56.6 Å². The number of nitrogens with zero attached hydrogens (tertiary/aromatic N) is 1. The van der Waals surface area contributed by atoms with Crippen LogP contribution in [0.25, 0.3) is 0 Å². The van der Waals surface area contributed by atoms with Crippen LogP contribution in [0.3, 0.4) is 0 Å². The monoisotopic (exact) mass is 277 g/mol. The van der Waals surface area contributed by atoms with Crippen molar-refractivity contribution in [2.75, 3.05) is 19.3 Å². The van der Waals surface area contributed by atoms with Crippen molar-refractivity contribution >= 4 is 21.8 Å². The van der Waals surface area contributed by atoms with E-state index in [1.165, 1.54) is 11.9 Å². The predicted octanol–water partition coefficient (Wildman–Crippen LogP) is -1.34. The Bertz CT molecular complexity index is 432. The average Bonchev–Trinajstić information content (AvgIpc) is 2.54. The van der Waals surface area contributed by atoms with Gasteiger partial charge in [0.05, 0.1) is 18.2 Å². The summed E-state index contributed by atoms with van der Waals surface area (Å²) in [5, 5.41) is 2.81. The lowest BCUT2D eigenvalue weighted by Crippen LogP contribution is -2.43. The van der Waals surface area contributed by atoms with E-state index in [1.807, 2.05) is 0 Å². The van der Waals surface area contributed by atoms with E-state index in [1.54, 1.807) is 13.8 Å². The zero-order chi connectivity index (χ0) is 13.9. The SMILES string of the molecule is CNS(=O)(=O)CCNC1CC(=O)N(C(C)C)C1=O. The van der Waals surface area contributed by atoms with Crippen molar-refractivity contribution in [1.82, 2.24) is 14.9 Å². The highest BCUT2D eigenvalue weighted by atomic mass is 32.2. The van der Waals surface area contributed by atoms with Crippen LogP contribution in [0.4, 0.5) is 0 Å². The molecule has 0 saturated carbocycles. The summed E-state index contributed by atoms with van der Waals surface area (Å²) in [6.07, 6.45) is 0.0939. The summed E-state index contributed by atoms with van der Waals surface area (Å²) < 4.78 is 24.5. The van der Waals surface area contributed by atoms with Crippen molar-refractivity contribution in [2.45, 2.75) is 32.4 Å². The zero-order valence-corrected chi connectivity index (χ0v) is 11.6. The van der Waals surface area contributed by atoms with E-state index in [0.717, 1.165) is 0 Å². The van der Waals surface area contributed by atoms with Gasteiger partial charge in [0.15, 0.2) is 0 Å². The molecule has 1 atom stereocenters. The molecule has 1 aliphatic rings. The molecule has 0 aromatic rings. The molecule has 1 aliphatic heterocycles. The Morgan fingerprint density at radius 2 is 2.00 bits per heavy atom. The van der Waals surface area contributed by atoms with Gasteiger partial charge in [0.25, 0.3) is 0 Å². The minimum atomic E-state index is -3.29. The largest absolute Gasteiger partial charge is 0.304 e. The van der Waals surface area contributed by atoms with Gasteiger partial charge in [0.2, 0.25) is 21.8 Å². The summed E-state index contributed by atoms with van der Waals surface area (Å²) in [4.78, 5) is 24.7. The van der Waals surface area contributed by atoms with Gasteiger partial charge in [-0.2, -0.15) is 0 Å². The second-order valence-electron chi connectivity index (χ2n) is 4.43. The third-order valence-electron chi connectivity index (χ3n) is 2.77. The molecular weight excluding hydrogens is 258 g/mol. The highest BCUT2D eigenvalue weighted by molar-refractivity contribution is 7.89. The summed E-state index contributed by atoms with van der Waals surface area (Å²) in [6, 6.07) is -0.773. The van der Waals surface area contributed by atoms with Crippen LogP contribution < -0.4 is 10.0 Å². The van der Waals surface area contributed by atoms with Gasteiger partial charge in [-0.1, -0.05) is 0 Å². The predicted molar refractivity (Wildman–Crippen MR) is 66.2 cm³/mol. The number of hydrogen-bond donors (Lipinski definition) is 2. The zero-order valence-electron chi connectivity index (χ0n) is 10.8. The molecule has 0 radical (unpaired) electrons. The van der Waals surface area contributed by atoms with Crippen LogP contribution in [-0.2, 0) is 19.6 Å². The molecule has 7 nitrogen and oxygen atoms in total. The number of hydrogen-bond acceptors (Lipinski definition) is 5. The van der Waals surface area contributed by atoms with Crippen molar-refractivity contribution in [3.05, 3.63) is 0 Å². The van der Waals surface area contributed by atoms with Crippen molar-refractivity contribution in [2.24, 2.45) is 0 Å². The van der Waals surface area contributed by atoms with E-state index in [0.29, 0.717) is 0 Å². The molecule has 1 unspecified atom stereocenters. The molecule has 1 saturated heterocycles. The smallest absolute Gasteiger partial charge is 0.247 e. The number of imide groups is 1. The fourth-order valence-electron chi connectivity index (χ4n) is 1.82. The van der Waals surface area contributed by atoms with Crippen LogP contribution in [0.5, 0.6) is 0 Å². The standard InChI is InChI=1S/C10H19N3O4S/c1-7(2)13-9(14)6-8(10(13)15)12-4-5-18(16,17)11-3/h7-8,11-12H,4-6H2,1-3H3. The van der Waals surface area contributed by atoms with Gasteiger partial charge in [-0.3, -0.25) is 14.5 Å². The summed E-state index contributed by atoms with van der Waals surface area (Å²) in [5.74, 6) is -0.621. The maximum absolute atomic E-state index is 11.9. The van der Waals surface area contributed by atoms with E-state index in [-0.39, 0.29) is 36.6 Å². The molecule has 0 spiro atoms. The Morgan fingerprint density at radius 1 is 1.39 bits per heavy atom. The Kier molecular flexibility index (Phi) is 4.83. The van der Waals surface area contributed by atoms with Gasteiger partial charge in [0.1, 0.15) is 0 Å². The number of carbonyl (C=O) groups is 2. The lowest BCUT2D eigenvalue weighted by atomic mass is 10.2. The molecule has 1 fully saturated rings. The van der Waals surface area contributed by atoms with E-state index < -0.39 is 16.1 Å². The Balaban J connectivity index is 2.51. The number of likely N-dealkylation sites (tertiary alicyclic amines) is 1. The van der Waals surface area contributed by atoms with Crippen LogP contribution in [0, 0.1) is 0 Å². The highest BCUT2D eigenvalue weighted by Crippen LogP contribution is 2.15. The molecule has 0 aliphatic carbocycles. The first-order valence-electron chi connectivity index (χ1n) is 5.79. The molecule has 1 heterocycles. The van der Waals surface area contributed by atoms with E-state index >= 15 is 0 Å². The van der Waals surface area contributed by atoms with Gasteiger partial charge in [-0.05, 0) is 20.9 Å². The minimum absolute atomic E-state index is 0.0939. The second-order valence-corrected chi connectivity index (χ2v) is 6.48. The molecule has 2 N–H and O–H groups in total. The van der Waals surface area contributed by atoms with Crippen LogP contribution in [0.1, 0.15) is 20.3 Å². The molecule has 104 valence electrons. The van der Waals surface area contributed by atoms with Crippen LogP contribution in [0.2, 0.25) is 0 Å². The van der Waals surface area contributed by atoms with Crippen LogP contribution in [0.15, 0.2) is 0 Å². The normalized spacial score (nSPS) is 21.1. The summed E-state index contributed by atoms with van der Waals surface area (Å²) in [5.41, 5.74) is 0. The van der Waals surface area contributed by atoms with E-state index in [2.05, 4.69) is 10.0 Å². The third-order valence-corrected chi connectivity index (χ3v) is 4.14. The number of rotatable bonds is 6. The van der Waals surface area contributed by atoms with Gasteiger partial charge >= 0.3 is 0 Å². The molecule has 0 aromatic heterocycles. The van der Waals surface area contributed by atoms with E-state index in [4.69, 9.17) is 0 Å². The molecule has 0 bridgehead atoms. The topological polar surface area (TPSA) is 95.6 Å². The van der Waals surface area contributed by atoms with Gasteiger partial charge in [-0.25, -0.2) is 13.1 Å². The van der Waals surface area contributed by atoms with E-state index in [9.17, 15) is 18.0 Å². The van der Waals surface area contributed by atoms with Gasteiger partial charge in [-0.15, -0.1) is 0 Å². The van der Waals surface area contributed by atoms with Gasteiger partial charge < -0.3 is 5.32 Å². The van der Waals surface area contributed by atoms with Crippen molar-refractivity contribution in [1.29, 1.82) is 0 Å². The second kappa shape index (κ2) is 5.77. The van der Waals surface area contributed by atoms with Crippen molar-refractivity contribution in [3.63, 3.8) is 0 Å².